The Morgan fingerprint density at radius 2 is 1.55 bits per heavy atom. The van der Waals surface area contributed by atoms with Crippen molar-refractivity contribution in [2.24, 2.45) is 11.3 Å². The van der Waals surface area contributed by atoms with Gasteiger partial charge >= 0.3 is 11.9 Å². The molecule has 1 saturated carbocycles. The van der Waals surface area contributed by atoms with Gasteiger partial charge in [-0.1, -0.05) is 13.8 Å². The summed E-state index contributed by atoms with van der Waals surface area (Å²) in [4.78, 5) is 30.2. The fourth-order valence-electron chi connectivity index (χ4n) is 5.13. The number of ether oxygens (including phenoxy) is 3. The fraction of sp³-hybridized carbons (Fsp3) is 0.917. The minimum Gasteiger partial charge on any atom is -0.466 e. The van der Waals surface area contributed by atoms with E-state index in [4.69, 9.17) is 14.2 Å². The van der Waals surface area contributed by atoms with Crippen molar-refractivity contribution < 1.29 is 23.8 Å². The molecule has 31 heavy (non-hydrogen) atoms. The van der Waals surface area contributed by atoms with Gasteiger partial charge in [-0.25, -0.2) is 4.79 Å². The first-order valence-corrected chi connectivity index (χ1v) is 12.0. The lowest BCUT2D eigenvalue weighted by atomic mass is 9.83. The largest absolute Gasteiger partial charge is 0.466 e. The minimum atomic E-state index is -1.18. The Bertz CT molecular complexity index is 637. The van der Waals surface area contributed by atoms with Gasteiger partial charge in [-0.05, 0) is 71.6 Å². The van der Waals surface area contributed by atoms with Crippen LogP contribution in [0.1, 0.15) is 80.1 Å². The van der Waals surface area contributed by atoms with Crippen LogP contribution in [0, 0.1) is 11.3 Å². The number of rotatable bonds is 7. The van der Waals surface area contributed by atoms with E-state index >= 15 is 0 Å². The van der Waals surface area contributed by atoms with Crippen molar-refractivity contribution >= 4 is 11.9 Å². The van der Waals surface area contributed by atoms with E-state index in [1.807, 2.05) is 27.7 Å². The molecule has 2 heterocycles. The zero-order valence-electron chi connectivity index (χ0n) is 20.4. The average molecular weight is 439 g/mol. The Kier molecular flexibility index (Phi) is 7.38. The lowest BCUT2D eigenvalue weighted by Gasteiger charge is -2.57. The summed E-state index contributed by atoms with van der Waals surface area (Å²) >= 11 is 0. The van der Waals surface area contributed by atoms with Gasteiger partial charge in [0.1, 0.15) is 5.60 Å². The Morgan fingerprint density at radius 3 is 2.03 bits per heavy atom. The molecule has 7 heteroatoms. The van der Waals surface area contributed by atoms with Crippen molar-refractivity contribution in [3.8, 4) is 0 Å². The normalized spacial score (nSPS) is 29.1. The van der Waals surface area contributed by atoms with Crippen LogP contribution < -0.4 is 0 Å². The highest BCUT2D eigenvalue weighted by molar-refractivity contribution is 5.79. The van der Waals surface area contributed by atoms with Gasteiger partial charge in [-0.3, -0.25) is 14.6 Å². The molecule has 3 aliphatic rings. The van der Waals surface area contributed by atoms with E-state index in [2.05, 4.69) is 23.6 Å². The maximum atomic E-state index is 13.7. The number of hydrogen-bond donors (Lipinski definition) is 0. The van der Waals surface area contributed by atoms with Crippen LogP contribution in [0.4, 0.5) is 0 Å². The minimum absolute atomic E-state index is 0.0644. The topological polar surface area (TPSA) is 68.3 Å². The van der Waals surface area contributed by atoms with Crippen LogP contribution in [0.3, 0.4) is 0 Å². The first-order valence-electron chi connectivity index (χ1n) is 12.0. The molecular formula is C24H42N2O5. The molecule has 1 unspecified atom stereocenters. The predicted octanol–water partition coefficient (Wildman–Crippen LogP) is 3.56. The molecule has 1 aliphatic carbocycles. The molecule has 0 bridgehead atoms. The second-order valence-corrected chi connectivity index (χ2v) is 11.2. The molecule has 0 aromatic carbocycles. The third-order valence-corrected chi connectivity index (χ3v) is 6.49. The molecule has 0 radical (unpaired) electrons. The summed E-state index contributed by atoms with van der Waals surface area (Å²) in [5, 5.41) is 0. The number of carbonyl (C=O) groups is 2. The Labute approximate surface area is 187 Å². The number of carbonyl (C=O) groups excluding carboxylic acids is 2. The summed E-state index contributed by atoms with van der Waals surface area (Å²) in [7, 11) is 0. The molecule has 178 valence electrons. The van der Waals surface area contributed by atoms with Gasteiger partial charge < -0.3 is 14.2 Å². The van der Waals surface area contributed by atoms with Gasteiger partial charge in [0, 0.05) is 26.2 Å². The molecule has 0 amide bonds. The van der Waals surface area contributed by atoms with Crippen LogP contribution in [-0.2, 0) is 23.8 Å². The second-order valence-electron chi connectivity index (χ2n) is 11.2. The third-order valence-electron chi connectivity index (χ3n) is 6.49. The molecule has 0 spiro atoms. The van der Waals surface area contributed by atoms with E-state index in [0.29, 0.717) is 6.61 Å². The van der Waals surface area contributed by atoms with Crippen molar-refractivity contribution in [3.05, 3.63) is 0 Å². The van der Waals surface area contributed by atoms with E-state index in [1.165, 1.54) is 0 Å². The number of nitrogens with zero attached hydrogens (tertiary/aromatic N) is 2. The molecule has 3 fully saturated rings. The highest BCUT2D eigenvalue weighted by atomic mass is 16.6. The Balaban J connectivity index is 1.81. The lowest BCUT2D eigenvalue weighted by Crippen LogP contribution is -2.75. The molecule has 1 atom stereocenters. The fourth-order valence-corrected chi connectivity index (χ4v) is 5.13. The smallest absolute Gasteiger partial charge is 0.371 e. The van der Waals surface area contributed by atoms with Gasteiger partial charge in [-0.15, -0.1) is 0 Å². The number of hydrogen-bond acceptors (Lipinski definition) is 7. The molecular weight excluding hydrogens is 396 g/mol. The zero-order chi connectivity index (χ0) is 22.9. The summed E-state index contributed by atoms with van der Waals surface area (Å²) in [5.41, 5.74) is -0.439. The highest BCUT2D eigenvalue weighted by Gasteiger charge is 2.59. The number of likely N-dealkylation sites (tertiary alicyclic amines) is 2. The first-order chi connectivity index (χ1) is 14.5. The van der Waals surface area contributed by atoms with Gasteiger partial charge in [-0.2, -0.15) is 0 Å². The van der Waals surface area contributed by atoms with Crippen LogP contribution in [-0.4, -0.2) is 72.1 Å². The van der Waals surface area contributed by atoms with E-state index in [1.54, 1.807) is 0 Å². The zero-order valence-corrected chi connectivity index (χ0v) is 20.4. The van der Waals surface area contributed by atoms with Gasteiger partial charge in [0.2, 0.25) is 0 Å². The summed E-state index contributed by atoms with van der Waals surface area (Å²) in [5.74, 6) is -1.65. The Morgan fingerprint density at radius 1 is 0.968 bits per heavy atom. The molecule has 0 aromatic rings. The van der Waals surface area contributed by atoms with Gasteiger partial charge in [0.25, 0.3) is 5.85 Å². The second kappa shape index (κ2) is 9.36. The summed E-state index contributed by atoms with van der Waals surface area (Å²) in [6, 6.07) is 0. The van der Waals surface area contributed by atoms with E-state index < -0.39 is 11.4 Å². The van der Waals surface area contributed by atoms with Crippen LogP contribution in [0.5, 0.6) is 0 Å². The van der Waals surface area contributed by atoms with Crippen LogP contribution in [0.2, 0.25) is 0 Å². The van der Waals surface area contributed by atoms with E-state index in [-0.39, 0.29) is 29.4 Å². The summed E-state index contributed by atoms with van der Waals surface area (Å²) in [6.07, 6.45) is 5.00. The molecule has 7 nitrogen and oxygen atoms in total. The van der Waals surface area contributed by atoms with Crippen molar-refractivity contribution in [3.63, 3.8) is 0 Å². The third kappa shape index (κ3) is 5.60. The standard InChI is InChI=1S/C24H42N2O5/c1-7-29-20(27)18-10-12-19(13-11-18)30-24(25-14-8-9-15-25,21(28)31-22(2,3)4)26-16-23(5,6)17-26/h18-19H,7-17H2,1-6H3/t18-,19-,24?. The summed E-state index contributed by atoms with van der Waals surface area (Å²) in [6.45, 7) is 15.7. The van der Waals surface area contributed by atoms with Gasteiger partial charge in [0.05, 0.1) is 18.6 Å². The average Bonchev–Trinajstić information content (AvgIpc) is 3.18. The first kappa shape index (κ1) is 24.5. The highest BCUT2D eigenvalue weighted by Crippen LogP contribution is 2.42. The van der Waals surface area contributed by atoms with Crippen molar-refractivity contribution in [2.75, 3.05) is 32.8 Å². The Hall–Kier alpha value is -1.18. The van der Waals surface area contributed by atoms with E-state index in [0.717, 1.165) is 64.7 Å². The molecule has 0 aromatic heterocycles. The molecule has 2 aliphatic heterocycles. The van der Waals surface area contributed by atoms with Crippen molar-refractivity contribution in [1.82, 2.24) is 9.80 Å². The van der Waals surface area contributed by atoms with Crippen LogP contribution in [0.15, 0.2) is 0 Å². The van der Waals surface area contributed by atoms with Crippen molar-refractivity contribution in [1.29, 1.82) is 0 Å². The van der Waals surface area contributed by atoms with E-state index in [9.17, 15) is 9.59 Å². The van der Waals surface area contributed by atoms with Crippen LogP contribution in [0.25, 0.3) is 0 Å². The number of esters is 2. The maximum Gasteiger partial charge on any atom is 0.371 e. The SMILES string of the molecule is CCOC(=O)[C@H]1CC[C@H](OC(C(=O)OC(C)(C)C)(N2CCCC2)N2CC(C)(C)C2)CC1. The quantitative estimate of drug-likeness (QED) is 0.563. The predicted molar refractivity (Wildman–Crippen MR) is 118 cm³/mol. The van der Waals surface area contributed by atoms with Gasteiger partial charge in [0.15, 0.2) is 0 Å². The lowest BCUT2D eigenvalue weighted by molar-refractivity contribution is -0.301. The molecule has 0 N–H and O–H groups in total. The monoisotopic (exact) mass is 438 g/mol. The van der Waals surface area contributed by atoms with Crippen LogP contribution >= 0.6 is 0 Å². The van der Waals surface area contributed by atoms with Crippen molar-refractivity contribution in [2.45, 2.75) is 97.6 Å². The maximum absolute atomic E-state index is 13.7. The molecule has 2 saturated heterocycles. The molecule has 3 rings (SSSR count). The summed E-state index contributed by atoms with van der Waals surface area (Å²) < 4.78 is 17.9.